The van der Waals surface area contributed by atoms with E-state index >= 15 is 0 Å². The lowest BCUT2D eigenvalue weighted by Crippen LogP contribution is -2.35. The standard InChI is InChI=1S/C14H15ClN2O2S2/c15-11-2-1-3-13(10-11)21(18,19)17(12-4-5-12)8-6-14-16-7-9-20-14/h1-3,7,9-10,12H,4-6,8H2. The van der Waals surface area contributed by atoms with Gasteiger partial charge in [0.05, 0.1) is 9.90 Å². The fraction of sp³-hybridized carbons (Fsp3) is 0.357. The number of hydrogen-bond donors (Lipinski definition) is 0. The van der Waals surface area contributed by atoms with Crippen LogP contribution < -0.4 is 0 Å². The third kappa shape index (κ3) is 3.45. The molecule has 0 unspecified atom stereocenters. The summed E-state index contributed by atoms with van der Waals surface area (Å²) in [6.45, 7) is 0.465. The molecule has 112 valence electrons. The van der Waals surface area contributed by atoms with E-state index in [0.717, 1.165) is 17.8 Å². The van der Waals surface area contributed by atoms with Crippen LogP contribution in [-0.4, -0.2) is 30.3 Å². The second kappa shape index (κ2) is 6.04. The van der Waals surface area contributed by atoms with Gasteiger partial charge in [-0.05, 0) is 31.0 Å². The van der Waals surface area contributed by atoms with Crippen LogP contribution in [0.2, 0.25) is 5.02 Å². The van der Waals surface area contributed by atoms with Gasteiger partial charge in [-0.2, -0.15) is 4.31 Å². The molecule has 0 aliphatic heterocycles. The minimum Gasteiger partial charge on any atom is -0.250 e. The molecule has 0 spiro atoms. The molecule has 1 fully saturated rings. The first kappa shape index (κ1) is 15.0. The summed E-state index contributed by atoms with van der Waals surface area (Å²) in [4.78, 5) is 4.48. The highest BCUT2D eigenvalue weighted by atomic mass is 35.5. The van der Waals surface area contributed by atoms with E-state index in [1.54, 1.807) is 40.0 Å². The maximum Gasteiger partial charge on any atom is 0.243 e. The van der Waals surface area contributed by atoms with Crippen LogP contribution in [-0.2, 0) is 16.4 Å². The summed E-state index contributed by atoms with van der Waals surface area (Å²) in [6, 6.07) is 6.57. The van der Waals surface area contributed by atoms with Crippen LogP contribution in [0.5, 0.6) is 0 Å². The maximum atomic E-state index is 12.8. The average molecular weight is 343 g/mol. The zero-order valence-corrected chi connectivity index (χ0v) is 13.7. The van der Waals surface area contributed by atoms with Gasteiger partial charge in [-0.3, -0.25) is 0 Å². The normalized spacial score (nSPS) is 15.5. The van der Waals surface area contributed by atoms with Gasteiger partial charge in [0.25, 0.3) is 0 Å². The Morgan fingerprint density at radius 2 is 2.19 bits per heavy atom. The lowest BCUT2D eigenvalue weighted by atomic mass is 10.4. The summed E-state index contributed by atoms with van der Waals surface area (Å²) in [5, 5.41) is 3.30. The lowest BCUT2D eigenvalue weighted by molar-refractivity contribution is 0.407. The molecular formula is C14H15ClN2O2S2. The van der Waals surface area contributed by atoms with E-state index in [9.17, 15) is 8.42 Å². The fourth-order valence-corrected chi connectivity index (χ4v) is 4.80. The number of halogens is 1. The van der Waals surface area contributed by atoms with Crippen molar-refractivity contribution in [2.45, 2.75) is 30.2 Å². The molecule has 2 aromatic rings. The zero-order chi connectivity index (χ0) is 14.9. The molecule has 0 saturated heterocycles. The highest BCUT2D eigenvalue weighted by Crippen LogP contribution is 2.32. The number of aromatic nitrogens is 1. The minimum atomic E-state index is -3.49. The Bertz CT molecular complexity index is 712. The second-order valence-corrected chi connectivity index (χ2v) is 8.29. The Morgan fingerprint density at radius 1 is 1.38 bits per heavy atom. The largest absolute Gasteiger partial charge is 0.250 e. The quantitative estimate of drug-likeness (QED) is 0.810. The Hall–Kier alpha value is -0.950. The molecule has 1 aliphatic rings. The van der Waals surface area contributed by atoms with Crippen molar-refractivity contribution < 1.29 is 8.42 Å². The van der Waals surface area contributed by atoms with Gasteiger partial charge in [-0.15, -0.1) is 11.3 Å². The molecule has 21 heavy (non-hydrogen) atoms. The molecule has 1 saturated carbocycles. The minimum absolute atomic E-state index is 0.119. The predicted octanol–water partition coefficient (Wildman–Crippen LogP) is 3.19. The molecule has 0 radical (unpaired) electrons. The fourth-order valence-electron chi connectivity index (χ4n) is 2.21. The zero-order valence-electron chi connectivity index (χ0n) is 11.3. The summed E-state index contributed by atoms with van der Waals surface area (Å²) in [6.07, 6.45) is 4.25. The van der Waals surface area contributed by atoms with Crippen LogP contribution in [0.25, 0.3) is 0 Å². The third-order valence-corrected chi connectivity index (χ3v) is 6.41. The topological polar surface area (TPSA) is 50.3 Å². The molecule has 0 bridgehead atoms. The summed E-state index contributed by atoms with van der Waals surface area (Å²) in [5.74, 6) is 0. The van der Waals surface area contributed by atoms with E-state index in [0.29, 0.717) is 18.0 Å². The number of benzene rings is 1. The molecule has 0 N–H and O–H groups in total. The Morgan fingerprint density at radius 3 is 2.81 bits per heavy atom. The monoisotopic (exact) mass is 342 g/mol. The second-order valence-electron chi connectivity index (χ2n) is 4.98. The van der Waals surface area contributed by atoms with Crippen molar-refractivity contribution in [2.75, 3.05) is 6.54 Å². The summed E-state index contributed by atoms with van der Waals surface area (Å²) in [7, 11) is -3.49. The van der Waals surface area contributed by atoms with Crippen molar-refractivity contribution in [3.8, 4) is 0 Å². The highest BCUT2D eigenvalue weighted by Gasteiger charge is 2.37. The van der Waals surface area contributed by atoms with Crippen LogP contribution >= 0.6 is 22.9 Å². The van der Waals surface area contributed by atoms with Crippen molar-refractivity contribution >= 4 is 33.0 Å². The van der Waals surface area contributed by atoms with E-state index in [2.05, 4.69) is 4.98 Å². The summed E-state index contributed by atoms with van der Waals surface area (Å²) >= 11 is 7.47. The van der Waals surface area contributed by atoms with E-state index in [1.807, 2.05) is 5.38 Å². The lowest BCUT2D eigenvalue weighted by Gasteiger charge is -2.21. The van der Waals surface area contributed by atoms with Crippen molar-refractivity contribution in [2.24, 2.45) is 0 Å². The van der Waals surface area contributed by atoms with Crippen LogP contribution in [0.15, 0.2) is 40.7 Å². The molecule has 3 rings (SSSR count). The molecule has 0 amide bonds. The summed E-state index contributed by atoms with van der Waals surface area (Å²) < 4.78 is 27.1. The Balaban J connectivity index is 1.82. The van der Waals surface area contributed by atoms with Crippen LogP contribution in [0.4, 0.5) is 0 Å². The van der Waals surface area contributed by atoms with Gasteiger partial charge in [0.2, 0.25) is 10.0 Å². The highest BCUT2D eigenvalue weighted by molar-refractivity contribution is 7.89. The number of hydrogen-bond acceptors (Lipinski definition) is 4. The number of sulfonamides is 1. The van der Waals surface area contributed by atoms with Crippen LogP contribution in [0.1, 0.15) is 17.8 Å². The van der Waals surface area contributed by atoms with Gasteiger partial charge in [0.1, 0.15) is 0 Å². The summed E-state index contributed by atoms with van der Waals surface area (Å²) in [5.41, 5.74) is 0. The van der Waals surface area contributed by atoms with Crippen LogP contribution in [0, 0.1) is 0 Å². The first-order valence-corrected chi connectivity index (χ1v) is 9.43. The van der Waals surface area contributed by atoms with E-state index in [4.69, 9.17) is 11.6 Å². The van der Waals surface area contributed by atoms with Crippen molar-refractivity contribution in [3.05, 3.63) is 45.9 Å². The molecule has 1 heterocycles. The van der Waals surface area contributed by atoms with Crippen molar-refractivity contribution in [1.29, 1.82) is 0 Å². The molecule has 4 nitrogen and oxygen atoms in total. The van der Waals surface area contributed by atoms with Gasteiger partial charge < -0.3 is 0 Å². The Labute approximate surface area is 133 Å². The first-order valence-electron chi connectivity index (χ1n) is 6.73. The van der Waals surface area contributed by atoms with Crippen molar-refractivity contribution in [1.82, 2.24) is 9.29 Å². The van der Waals surface area contributed by atoms with Gasteiger partial charge in [0.15, 0.2) is 0 Å². The number of nitrogens with zero attached hydrogens (tertiary/aromatic N) is 2. The molecular weight excluding hydrogens is 328 g/mol. The van der Waals surface area contributed by atoms with Gasteiger partial charge in [0, 0.05) is 35.6 Å². The molecule has 1 aromatic carbocycles. The maximum absolute atomic E-state index is 12.8. The smallest absolute Gasteiger partial charge is 0.243 e. The predicted molar refractivity (Wildman–Crippen MR) is 84.2 cm³/mol. The van der Waals surface area contributed by atoms with E-state index in [-0.39, 0.29) is 10.9 Å². The van der Waals surface area contributed by atoms with Gasteiger partial charge in [-0.25, -0.2) is 13.4 Å². The average Bonchev–Trinajstić information content (AvgIpc) is 3.14. The molecule has 1 aliphatic carbocycles. The number of rotatable bonds is 6. The molecule has 7 heteroatoms. The van der Waals surface area contributed by atoms with E-state index in [1.165, 1.54) is 6.07 Å². The molecule has 0 atom stereocenters. The Kier molecular flexibility index (Phi) is 4.31. The van der Waals surface area contributed by atoms with Crippen molar-refractivity contribution in [3.63, 3.8) is 0 Å². The third-order valence-electron chi connectivity index (χ3n) is 3.39. The first-order chi connectivity index (χ1) is 10.1. The molecule has 1 aromatic heterocycles. The van der Waals surface area contributed by atoms with Crippen LogP contribution in [0.3, 0.4) is 0 Å². The number of thiazole rings is 1. The van der Waals surface area contributed by atoms with Gasteiger partial charge >= 0.3 is 0 Å². The van der Waals surface area contributed by atoms with E-state index < -0.39 is 10.0 Å². The SMILES string of the molecule is O=S(=O)(c1cccc(Cl)c1)N(CCc1nccs1)C1CC1. The van der Waals surface area contributed by atoms with Gasteiger partial charge in [-0.1, -0.05) is 17.7 Å².